The number of furan rings is 1. The van der Waals surface area contributed by atoms with Crippen molar-refractivity contribution in [1.82, 2.24) is 4.90 Å². The fourth-order valence-electron chi connectivity index (χ4n) is 1.95. The number of amides is 1. The molecule has 1 amide bonds. The summed E-state index contributed by atoms with van der Waals surface area (Å²) in [7, 11) is 0. The number of hydrogen-bond acceptors (Lipinski definition) is 4. The summed E-state index contributed by atoms with van der Waals surface area (Å²) in [6.45, 7) is 0.587. The van der Waals surface area contributed by atoms with Gasteiger partial charge in [0.05, 0.1) is 18.7 Å². The molecule has 6 heteroatoms. The molecule has 5 nitrogen and oxygen atoms in total. The Labute approximate surface area is 115 Å². The van der Waals surface area contributed by atoms with Crippen molar-refractivity contribution in [2.45, 2.75) is 12.5 Å². The molecule has 102 valence electrons. The van der Waals surface area contributed by atoms with Gasteiger partial charge in [0, 0.05) is 24.1 Å². The van der Waals surface area contributed by atoms with Crippen LogP contribution in [-0.2, 0) is 9.59 Å². The Morgan fingerprint density at radius 1 is 1.58 bits per heavy atom. The second-order valence-electron chi connectivity index (χ2n) is 4.21. The van der Waals surface area contributed by atoms with Gasteiger partial charge >= 0.3 is 5.97 Å². The van der Waals surface area contributed by atoms with Gasteiger partial charge in [-0.1, -0.05) is 0 Å². The predicted octanol–water partition coefficient (Wildman–Crippen LogP) is 1.71. The third-order valence-corrected chi connectivity index (χ3v) is 3.95. The lowest BCUT2D eigenvalue weighted by Crippen LogP contribution is -2.46. The van der Waals surface area contributed by atoms with Crippen LogP contribution in [0.4, 0.5) is 0 Å². The summed E-state index contributed by atoms with van der Waals surface area (Å²) in [5.41, 5.74) is 0. The number of carboxylic acids is 1. The van der Waals surface area contributed by atoms with Crippen molar-refractivity contribution in [1.29, 1.82) is 0 Å². The van der Waals surface area contributed by atoms with E-state index >= 15 is 0 Å². The lowest BCUT2D eigenvalue weighted by Gasteiger charge is -2.33. The third kappa shape index (κ3) is 3.89. The maximum Gasteiger partial charge on any atom is 0.305 e. The quantitative estimate of drug-likeness (QED) is 0.851. The predicted molar refractivity (Wildman–Crippen MR) is 72.8 cm³/mol. The first-order chi connectivity index (χ1) is 9.16. The molecular formula is C13H15NO4S. The van der Waals surface area contributed by atoms with Gasteiger partial charge in [0.25, 0.3) is 0 Å². The van der Waals surface area contributed by atoms with E-state index in [4.69, 9.17) is 9.52 Å². The molecule has 1 fully saturated rings. The van der Waals surface area contributed by atoms with Gasteiger partial charge < -0.3 is 14.4 Å². The minimum atomic E-state index is -0.875. The summed E-state index contributed by atoms with van der Waals surface area (Å²) in [6.07, 6.45) is 4.56. The zero-order valence-electron chi connectivity index (χ0n) is 10.3. The fraction of sp³-hybridized carbons (Fsp3) is 0.385. The van der Waals surface area contributed by atoms with Gasteiger partial charge in [0.2, 0.25) is 5.91 Å². The van der Waals surface area contributed by atoms with E-state index in [1.165, 1.54) is 12.3 Å². The molecule has 1 aliphatic heterocycles. The minimum Gasteiger partial charge on any atom is -0.481 e. The zero-order chi connectivity index (χ0) is 13.7. The van der Waals surface area contributed by atoms with Crippen LogP contribution in [0.25, 0.3) is 6.08 Å². The largest absolute Gasteiger partial charge is 0.481 e. The monoisotopic (exact) mass is 281 g/mol. The second kappa shape index (κ2) is 6.47. The van der Waals surface area contributed by atoms with Crippen LogP contribution in [0, 0.1) is 0 Å². The molecule has 0 aromatic carbocycles. The Bertz CT molecular complexity index is 469. The topological polar surface area (TPSA) is 70.8 Å². The zero-order valence-corrected chi connectivity index (χ0v) is 11.1. The molecule has 1 unspecified atom stereocenters. The Morgan fingerprint density at radius 3 is 3.11 bits per heavy atom. The highest BCUT2D eigenvalue weighted by molar-refractivity contribution is 7.99. The van der Waals surface area contributed by atoms with E-state index in [9.17, 15) is 9.59 Å². The maximum atomic E-state index is 12.1. The SMILES string of the molecule is O=C(O)CC1CSCCN1C(=O)/C=C/c1ccco1. The molecule has 19 heavy (non-hydrogen) atoms. The average Bonchev–Trinajstić information content (AvgIpc) is 2.89. The van der Waals surface area contributed by atoms with Crippen molar-refractivity contribution in [3.05, 3.63) is 30.2 Å². The highest BCUT2D eigenvalue weighted by Crippen LogP contribution is 2.19. The van der Waals surface area contributed by atoms with Crippen LogP contribution >= 0.6 is 11.8 Å². The summed E-state index contributed by atoms with van der Waals surface area (Å²) >= 11 is 1.68. The lowest BCUT2D eigenvalue weighted by molar-refractivity contribution is -0.139. The molecule has 1 atom stereocenters. The Morgan fingerprint density at radius 2 is 2.42 bits per heavy atom. The first kappa shape index (κ1) is 13.7. The number of carbonyl (C=O) groups excluding carboxylic acids is 1. The second-order valence-corrected chi connectivity index (χ2v) is 5.36. The molecule has 2 rings (SSSR count). The van der Waals surface area contributed by atoms with E-state index in [1.807, 2.05) is 0 Å². The Hall–Kier alpha value is -1.69. The molecule has 1 aromatic heterocycles. The highest BCUT2D eigenvalue weighted by atomic mass is 32.2. The summed E-state index contributed by atoms with van der Waals surface area (Å²) in [5, 5.41) is 8.87. The van der Waals surface area contributed by atoms with Crippen molar-refractivity contribution in [3.63, 3.8) is 0 Å². The van der Waals surface area contributed by atoms with Crippen LogP contribution in [0.5, 0.6) is 0 Å². The molecule has 0 bridgehead atoms. The molecule has 1 saturated heterocycles. The summed E-state index contributed by atoms with van der Waals surface area (Å²) in [6, 6.07) is 3.27. The number of rotatable bonds is 4. The highest BCUT2D eigenvalue weighted by Gasteiger charge is 2.27. The lowest BCUT2D eigenvalue weighted by atomic mass is 10.2. The van der Waals surface area contributed by atoms with Crippen LogP contribution in [-0.4, -0.2) is 46.0 Å². The van der Waals surface area contributed by atoms with Crippen LogP contribution in [0.1, 0.15) is 12.2 Å². The molecular weight excluding hydrogens is 266 g/mol. The molecule has 0 spiro atoms. The smallest absolute Gasteiger partial charge is 0.305 e. The van der Waals surface area contributed by atoms with Crippen LogP contribution in [0.3, 0.4) is 0 Å². The van der Waals surface area contributed by atoms with E-state index in [-0.39, 0.29) is 18.4 Å². The molecule has 0 radical (unpaired) electrons. The van der Waals surface area contributed by atoms with E-state index < -0.39 is 5.97 Å². The van der Waals surface area contributed by atoms with Gasteiger partial charge in [-0.05, 0) is 18.2 Å². The Balaban J connectivity index is 2.00. The molecule has 0 aliphatic carbocycles. The van der Waals surface area contributed by atoms with Gasteiger partial charge in [0.15, 0.2) is 0 Å². The van der Waals surface area contributed by atoms with Crippen molar-refractivity contribution in [2.75, 3.05) is 18.1 Å². The van der Waals surface area contributed by atoms with Gasteiger partial charge in [-0.15, -0.1) is 0 Å². The van der Waals surface area contributed by atoms with Gasteiger partial charge in [-0.3, -0.25) is 9.59 Å². The number of nitrogens with zero attached hydrogens (tertiary/aromatic N) is 1. The molecule has 1 aliphatic rings. The normalized spacial score (nSPS) is 19.8. The number of aliphatic carboxylic acids is 1. The Kier molecular flexibility index (Phi) is 4.68. The van der Waals surface area contributed by atoms with Gasteiger partial charge in [-0.2, -0.15) is 11.8 Å². The molecule has 2 heterocycles. The number of carbonyl (C=O) groups is 2. The fourth-order valence-corrected chi connectivity index (χ4v) is 3.01. The number of carboxylic acid groups (broad SMARTS) is 1. The van der Waals surface area contributed by atoms with Crippen LogP contribution in [0.15, 0.2) is 28.9 Å². The summed E-state index contributed by atoms with van der Waals surface area (Å²) in [4.78, 5) is 24.5. The molecule has 1 aromatic rings. The van der Waals surface area contributed by atoms with E-state index in [2.05, 4.69) is 0 Å². The van der Waals surface area contributed by atoms with E-state index in [1.54, 1.807) is 34.9 Å². The van der Waals surface area contributed by atoms with Crippen molar-refractivity contribution in [2.24, 2.45) is 0 Å². The number of hydrogen-bond donors (Lipinski definition) is 1. The van der Waals surface area contributed by atoms with Gasteiger partial charge in [-0.25, -0.2) is 0 Å². The standard InChI is InChI=1S/C13H15NO4S/c15-12(4-3-11-2-1-6-18-11)14-5-7-19-9-10(14)8-13(16)17/h1-4,6,10H,5,7-9H2,(H,16,17)/b4-3+. The van der Waals surface area contributed by atoms with Crippen LogP contribution < -0.4 is 0 Å². The first-order valence-electron chi connectivity index (χ1n) is 5.98. The van der Waals surface area contributed by atoms with Crippen molar-refractivity contribution >= 4 is 29.7 Å². The first-order valence-corrected chi connectivity index (χ1v) is 7.14. The third-order valence-electron chi connectivity index (χ3n) is 2.85. The number of thioether (sulfide) groups is 1. The van der Waals surface area contributed by atoms with Crippen molar-refractivity contribution < 1.29 is 19.1 Å². The summed E-state index contributed by atoms with van der Waals surface area (Å²) < 4.78 is 5.11. The van der Waals surface area contributed by atoms with Gasteiger partial charge in [0.1, 0.15) is 5.76 Å². The molecule has 0 saturated carbocycles. The minimum absolute atomic E-state index is 0.00662. The maximum absolute atomic E-state index is 12.1. The average molecular weight is 281 g/mol. The molecule has 1 N–H and O–H groups in total. The van der Waals surface area contributed by atoms with Crippen LogP contribution in [0.2, 0.25) is 0 Å². The van der Waals surface area contributed by atoms with E-state index in [0.29, 0.717) is 18.1 Å². The van der Waals surface area contributed by atoms with E-state index in [0.717, 1.165) is 5.75 Å². The van der Waals surface area contributed by atoms with Crippen molar-refractivity contribution in [3.8, 4) is 0 Å². The summed E-state index contributed by atoms with van der Waals surface area (Å²) in [5.74, 6) is 1.08.